The summed E-state index contributed by atoms with van der Waals surface area (Å²) in [5, 5.41) is 55.8. The fourth-order valence-electron chi connectivity index (χ4n) is 4.17. The van der Waals surface area contributed by atoms with E-state index in [1.165, 1.54) is 19.4 Å². The number of hydrogen-bond donors (Lipinski definition) is 10. The van der Waals surface area contributed by atoms with Gasteiger partial charge in [-0.15, -0.1) is 0 Å². The lowest BCUT2D eigenvalue weighted by Crippen LogP contribution is -2.60. The third-order valence-electron chi connectivity index (χ3n) is 6.51. The van der Waals surface area contributed by atoms with E-state index in [0.29, 0.717) is 6.61 Å². The van der Waals surface area contributed by atoms with E-state index in [2.05, 4.69) is 24.0 Å². The molecular formula is C21H38N4O18P2. The van der Waals surface area contributed by atoms with E-state index in [9.17, 15) is 54.0 Å². The highest BCUT2D eigenvalue weighted by Crippen LogP contribution is 2.61. The van der Waals surface area contributed by atoms with Crippen LogP contribution in [0.1, 0.15) is 6.42 Å². The highest BCUT2D eigenvalue weighted by Gasteiger charge is 2.50. The van der Waals surface area contributed by atoms with Crippen molar-refractivity contribution in [1.82, 2.24) is 15.5 Å². The van der Waals surface area contributed by atoms with E-state index in [1.807, 2.05) is 0 Å². The maximum Gasteiger partial charge on any atom is 0.483 e. The molecule has 0 bridgehead atoms. The summed E-state index contributed by atoms with van der Waals surface area (Å²) < 4.78 is 58.8. The molecule has 12 atom stereocenters. The summed E-state index contributed by atoms with van der Waals surface area (Å²) in [5.74, 6) is -0.550. The molecule has 3 amide bonds. The SMILES string of the molecule is COCCOCCC(=O)NCC1O[C@H](OP(=O)(O)OP(=O)(O)OCC2OC(N3C=CC(N)NC3=O)[C@H](O)[C@@H]2O)C(O)[C@@H](O)[C@H]1O. The summed E-state index contributed by atoms with van der Waals surface area (Å²) in [4.78, 5) is 45.1. The first-order chi connectivity index (χ1) is 21.0. The van der Waals surface area contributed by atoms with Gasteiger partial charge in [0.25, 0.3) is 0 Å². The van der Waals surface area contributed by atoms with Crippen LogP contribution >= 0.6 is 15.6 Å². The van der Waals surface area contributed by atoms with Crippen LogP contribution < -0.4 is 16.4 Å². The molecule has 7 unspecified atom stereocenters. The number of phosphoric ester groups is 2. The standard InChI is InChI=1S/C21H38N4O18P2/c1-37-6-7-38-5-3-13(26)23-8-10-14(27)16(29)18(31)20(41-10)42-45(35,36)43-44(33,34)39-9-11-15(28)17(30)19(40-11)25-4-2-12(22)24-21(25)32/h2,4,10-12,14-20,27-31H,3,5-9,22H2,1H3,(H,23,26)(H,24,32)(H,33,34)(H,35,36)/t10?,11?,12?,14-,15+,16-,17+,18?,19?,20+/m0/s1. The first kappa shape index (κ1) is 37.8. The van der Waals surface area contributed by atoms with Gasteiger partial charge in [-0.05, 0) is 6.08 Å². The van der Waals surface area contributed by atoms with Crippen LogP contribution in [0.4, 0.5) is 4.79 Å². The van der Waals surface area contributed by atoms with Gasteiger partial charge in [-0.3, -0.25) is 18.7 Å². The van der Waals surface area contributed by atoms with E-state index >= 15 is 0 Å². The van der Waals surface area contributed by atoms with Crippen LogP contribution in [-0.2, 0) is 46.2 Å². The zero-order valence-electron chi connectivity index (χ0n) is 23.7. The number of rotatable bonds is 16. The van der Waals surface area contributed by atoms with Gasteiger partial charge in [-0.1, -0.05) is 0 Å². The zero-order chi connectivity index (χ0) is 33.5. The molecule has 0 aromatic rings. The Labute approximate surface area is 255 Å². The quantitative estimate of drug-likeness (QED) is 0.0537. The van der Waals surface area contributed by atoms with E-state index < -0.39 is 102 Å². The minimum atomic E-state index is -5.66. The number of nitrogens with one attached hydrogen (secondary N) is 2. The molecule has 22 nitrogen and oxygen atoms in total. The van der Waals surface area contributed by atoms with Crippen LogP contribution in [0.3, 0.4) is 0 Å². The normalized spacial score (nSPS) is 36.3. The molecule has 260 valence electrons. The Morgan fingerprint density at radius 3 is 2.36 bits per heavy atom. The molecular weight excluding hydrogens is 658 g/mol. The second-order valence-electron chi connectivity index (χ2n) is 9.86. The predicted molar refractivity (Wildman–Crippen MR) is 143 cm³/mol. The van der Waals surface area contributed by atoms with Crippen molar-refractivity contribution < 1.29 is 86.3 Å². The first-order valence-electron chi connectivity index (χ1n) is 13.3. The molecule has 3 aliphatic rings. The number of amides is 3. The van der Waals surface area contributed by atoms with Gasteiger partial charge in [0.1, 0.15) is 42.7 Å². The fraction of sp³-hybridized carbons (Fsp3) is 0.810. The highest BCUT2D eigenvalue weighted by atomic mass is 31.3. The van der Waals surface area contributed by atoms with Crippen LogP contribution in [0.5, 0.6) is 0 Å². The second kappa shape index (κ2) is 16.4. The molecule has 0 aromatic heterocycles. The molecule has 45 heavy (non-hydrogen) atoms. The molecule has 2 saturated heterocycles. The van der Waals surface area contributed by atoms with Crippen LogP contribution in [0.25, 0.3) is 0 Å². The average Bonchev–Trinajstić information content (AvgIpc) is 3.23. The number of phosphoric acid groups is 2. The maximum atomic E-state index is 12.5. The Balaban J connectivity index is 1.52. The van der Waals surface area contributed by atoms with Gasteiger partial charge < -0.3 is 70.6 Å². The lowest BCUT2D eigenvalue weighted by atomic mass is 9.99. The lowest BCUT2D eigenvalue weighted by molar-refractivity contribution is -0.273. The van der Waals surface area contributed by atoms with Gasteiger partial charge in [0.05, 0.1) is 32.6 Å². The van der Waals surface area contributed by atoms with Crippen LogP contribution in [0.15, 0.2) is 12.3 Å². The number of nitrogens with two attached hydrogens (primary N) is 1. The van der Waals surface area contributed by atoms with Crippen molar-refractivity contribution >= 4 is 27.6 Å². The molecule has 0 aliphatic carbocycles. The number of nitrogens with zero attached hydrogens (tertiary/aromatic N) is 1. The molecule has 24 heteroatoms. The minimum absolute atomic E-state index is 0.0414. The van der Waals surface area contributed by atoms with E-state index in [4.69, 9.17) is 24.7 Å². The average molecular weight is 696 g/mol. The molecule has 3 aliphatic heterocycles. The van der Waals surface area contributed by atoms with Gasteiger partial charge in [0.15, 0.2) is 12.5 Å². The topological polar surface area (TPSA) is 328 Å². The van der Waals surface area contributed by atoms with Crippen molar-refractivity contribution in [1.29, 1.82) is 0 Å². The van der Waals surface area contributed by atoms with Crippen molar-refractivity contribution in [3.8, 4) is 0 Å². The third kappa shape index (κ3) is 10.7. The number of carbonyl (C=O) groups is 2. The largest absolute Gasteiger partial charge is 0.483 e. The van der Waals surface area contributed by atoms with Crippen LogP contribution in [-0.4, -0.2) is 154 Å². The molecule has 11 N–H and O–H groups in total. The number of urea groups is 1. The number of hydrogen-bond acceptors (Lipinski definition) is 17. The zero-order valence-corrected chi connectivity index (χ0v) is 25.5. The molecule has 0 spiro atoms. The summed E-state index contributed by atoms with van der Waals surface area (Å²) in [6, 6.07) is -0.782. The van der Waals surface area contributed by atoms with Gasteiger partial charge in [-0.2, -0.15) is 4.31 Å². The van der Waals surface area contributed by atoms with Gasteiger partial charge in [0, 0.05) is 26.3 Å². The van der Waals surface area contributed by atoms with Crippen LogP contribution in [0, 0.1) is 0 Å². The number of aliphatic hydroxyl groups is 5. The van der Waals surface area contributed by atoms with Crippen molar-refractivity contribution in [2.24, 2.45) is 5.73 Å². The summed E-state index contributed by atoms with van der Waals surface area (Å²) >= 11 is 0. The Hall–Kier alpha value is -1.66. The number of ether oxygens (including phenoxy) is 4. The Bertz CT molecular complexity index is 1140. The molecule has 2 fully saturated rings. The van der Waals surface area contributed by atoms with Gasteiger partial charge >= 0.3 is 21.7 Å². The molecule has 0 aromatic carbocycles. The summed E-state index contributed by atoms with van der Waals surface area (Å²) in [5.41, 5.74) is 5.55. The summed E-state index contributed by atoms with van der Waals surface area (Å²) in [6.07, 6.45) is -14.6. The van der Waals surface area contributed by atoms with Crippen molar-refractivity contribution in [3.63, 3.8) is 0 Å². The summed E-state index contributed by atoms with van der Waals surface area (Å²) in [6.45, 7) is -0.858. The van der Waals surface area contributed by atoms with Crippen molar-refractivity contribution in [2.75, 3.05) is 40.1 Å². The molecule has 3 heterocycles. The fourth-order valence-corrected chi connectivity index (χ4v) is 6.33. The van der Waals surface area contributed by atoms with Crippen molar-refractivity contribution in [2.45, 2.75) is 67.8 Å². The minimum Gasteiger partial charge on any atom is -0.388 e. The second-order valence-corrected chi connectivity index (χ2v) is 12.9. The third-order valence-corrected chi connectivity index (χ3v) is 9.11. The highest BCUT2D eigenvalue weighted by molar-refractivity contribution is 7.61. The molecule has 0 saturated carbocycles. The van der Waals surface area contributed by atoms with E-state index in [1.54, 1.807) is 0 Å². The van der Waals surface area contributed by atoms with Gasteiger partial charge in [0.2, 0.25) is 5.91 Å². The van der Waals surface area contributed by atoms with E-state index in [-0.39, 0.29) is 19.6 Å². The number of aliphatic hydroxyl groups excluding tert-OH is 5. The first-order valence-corrected chi connectivity index (χ1v) is 16.3. The number of methoxy groups -OCH3 is 1. The smallest absolute Gasteiger partial charge is 0.388 e. The van der Waals surface area contributed by atoms with E-state index in [0.717, 1.165) is 4.90 Å². The maximum absolute atomic E-state index is 12.5. The van der Waals surface area contributed by atoms with Crippen LogP contribution in [0.2, 0.25) is 0 Å². The Morgan fingerprint density at radius 1 is 1.00 bits per heavy atom. The van der Waals surface area contributed by atoms with Crippen molar-refractivity contribution in [3.05, 3.63) is 12.3 Å². The number of carbonyl (C=O) groups excluding carboxylic acids is 2. The Morgan fingerprint density at radius 2 is 1.69 bits per heavy atom. The Kier molecular flexibility index (Phi) is 13.8. The monoisotopic (exact) mass is 696 g/mol. The molecule has 0 radical (unpaired) electrons. The molecule has 3 rings (SSSR count). The summed E-state index contributed by atoms with van der Waals surface area (Å²) in [7, 11) is -9.70. The predicted octanol–water partition coefficient (Wildman–Crippen LogP) is -4.52. The van der Waals surface area contributed by atoms with Gasteiger partial charge in [-0.25, -0.2) is 13.9 Å². The lowest BCUT2D eigenvalue weighted by Gasteiger charge is -2.40.